The van der Waals surface area contributed by atoms with Crippen LogP contribution >= 0.6 is 12.4 Å². The number of aryl methyl sites for hydroxylation is 2. The van der Waals surface area contributed by atoms with Gasteiger partial charge in [0.1, 0.15) is 0 Å². The van der Waals surface area contributed by atoms with Crippen molar-refractivity contribution in [3.63, 3.8) is 0 Å². The van der Waals surface area contributed by atoms with Gasteiger partial charge in [-0.15, -0.1) is 12.4 Å². The predicted octanol–water partition coefficient (Wildman–Crippen LogP) is 5.39. The van der Waals surface area contributed by atoms with Gasteiger partial charge < -0.3 is 4.57 Å². The van der Waals surface area contributed by atoms with Crippen molar-refractivity contribution in [2.24, 2.45) is 0 Å². The summed E-state index contributed by atoms with van der Waals surface area (Å²) in [7, 11) is 0. The smallest absolute Gasteiger partial charge is 0.0945 e. The highest BCUT2D eigenvalue weighted by Gasteiger charge is 2.29. The van der Waals surface area contributed by atoms with Gasteiger partial charge in [0, 0.05) is 28.9 Å². The van der Waals surface area contributed by atoms with E-state index in [1.807, 2.05) is 6.20 Å². The summed E-state index contributed by atoms with van der Waals surface area (Å²) in [6.45, 7) is 6.67. The largest absolute Gasteiger partial charge is 0.340 e. The Hall–Kier alpha value is -1.80. The second-order valence-corrected chi connectivity index (χ2v) is 6.19. The number of halogens is 1. The van der Waals surface area contributed by atoms with E-state index in [1.54, 1.807) is 0 Å². The number of hydrogen-bond donors (Lipinski definition) is 0. The molecule has 0 N–H and O–H groups in total. The van der Waals surface area contributed by atoms with Crippen molar-refractivity contribution in [2.45, 2.75) is 39.7 Å². The lowest BCUT2D eigenvalue weighted by Gasteiger charge is -2.11. The molecule has 0 spiro atoms. The average Bonchev–Trinajstić information content (AvgIpc) is 3.29. The lowest BCUT2D eigenvalue weighted by atomic mass is 10.0. The van der Waals surface area contributed by atoms with E-state index < -0.39 is 0 Å². The zero-order chi connectivity index (χ0) is 14.6. The predicted molar refractivity (Wildman–Crippen MR) is 94.9 cm³/mol. The summed E-state index contributed by atoms with van der Waals surface area (Å²) in [6.07, 6.45) is 4.62. The maximum absolute atomic E-state index is 4.78. The highest BCUT2D eigenvalue weighted by atomic mass is 35.5. The summed E-state index contributed by atoms with van der Waals surface area (Å²) in [6, 6.07) is 11.2. The fraction of sp³-hybridized carbons (Fsp3) is 0.316. The molecule has 22 heavy (non-hydrogen) atoms. The zero-order valence-corrected chi connectivity index (χ0v) is 14.1. The molecule has 2 heterocycles. The van der Waals surface area contributed by atoms with Crippen LogP contribution in [-0.4, -0.2) is 9.55 Å². The standard InChI is InChI=1S/C19H20N2.ClH/c1-12-11-20-18(15-7-5-4-6-8-15)19-17(12)13(2)14(3)21(19)16-9-10-16;/h4-8,11,16H,9-10H2,1-3H3;1H. The van der Waals surface area contributed by atoms with E-state index in [-0.39, 0.29) is 12.4 Å². The summed E-state index contributed by atoms with van der Waals surface area (Å²) in [5.41, 5.74) is 7.76. The van der Waals surface area contributed by atoms with Gasteiger partial charge in [0.15, 0.2) is 0 Å². The first-order valence-electron chi connectivity index (χ1n) is 7.70. The molecule has 3 heteroatoms. The van der Waals surface area contributed by atoms with Gasteiger partial charge >= 0.3 is 0 Å². The van der Waals surface area contributed by atoms with Gasteiger partial charge in [0.2, 0.25) is 0 Å². The monoisotopic (exact) mass is 312 g/mol. The molecule has 1 saturated carbocycles. The maximum atomic E-state index is 4.78. The average molecular weight is 313 g/mol. The van der Waals surface area contributed by atoms with Gasteiger partial charge in [0.05, 0.1) is 11.2 Å². The van der Waals surface area contributed by atoms with Crippen molar-refractivity contribution < 1.29 is 0 Å². The quantitative estimate of drug-likeness (QED) is 0.620. The van der Waals surface area contributed by atoms with Crippen LogP contribution in [0.3, 0.4) is 0 Å². The molecule has 4 rings (SSSR count). The molecule has 0 saturated heterocycles. The minimum absolute atomic E-state index is 0. The number of rotatable bonds is 2. The second kappa shape index (κ2) is 5.44. The highest BCUT2D eigenvalue weighted by molar-refractivity contribution is 5.97. The van der Waals surface area contributed by atoms with Crippen LogP contribution in [0, 0.1) is 20.8 Å². The van der Waals surface area contributed by atoms with Crippen LogP contribution in [0.2, 0.25) is 0 Å². The first-order chi connectivity index (χ1) is 10.2. The molecule has 1 aliphatic rings. The van der Waals surface area contributed by atoms with Gasteiger partial charge in [-0.1, -0.05) is 30.3 Å². The molecular weight excluding hydrogens is 292 g/mol. The molecule has 1 aromatic carbocycles. The zero-order valence-electron chi connectivity index (χ0n) is 13.3. The van der Waals surface area contributed by atoms with E-state index in [0.29, 0.717) is 6.04 Å². The van der Waals surface area contributed by atoms with Gasteiger partial charge in [-0.3, -0.25) is 4.98 Å². The molecule has 1 aliphatic carbocycles. The Morgan fingerprint density at radius 1 is 1.05 bits per heavy atom. The fourth-order valence-corrected chi connectivity index (χ4v) is 3.43. The van der Waals surface area contributed by atoms with E-state index in [9.17, 15) is 0 Å². The molecule has 0 aliphatic heterocycles. The Kier molecular flexibility index (Phi) is 3.73. The summed E-state index contributed by atoms with van der Waals surface area (Å²) >= 11 is 0. The van der Waals surface area contributed by atoms with Crippen LogP contribution in [0.25, 0.3) is 22.2 Å². The van der Waals surface area contributed by atoms with E-state index in [4.69, 9.17) is 4.98 Å². The van der Waals surface area contributed by atoms with E-state index >= 15 is 0 Å². The third kappa shape index (κ3) is 2.14. The molecule has 0 bridgehead atoms. The molecule has 0 radical (unpaired) electrons. The van der Waals surface area contributed by atoms with Gasteiger partial charge in [0.25, 0.3) is 0 Å². The molecule has 3 aromatic rings. The highest BCUT2D eigenvalue weighted by Crippen LogP contribution is 2.43. The Morgan fingerprint density at radius 3 is 2.36 bits per heavy atom. The molecule has 2 nitrogen and oxygen atoms in total. The fourth-order valence-electron chi connectivity index (χ4n) is 3.43. The van der Waals surface area contributed by atoms with E-state index in [0.717, 1.165) is 5.69 Å². The Morgan fingerprint density at radius 2 is 1.73 bits per heavy atom. The third-order valence-electron chi connectivity index (χ3n) is 4.72. The van der Waals surface area contributed by atoms with Gasteiger partial charge in [-0.05, 0) is 44.7 Å². The van der Waals surface area contributed by atoms with Crippen LogP contribution < -0.4 is 0 Å². The molecule has 0 amide bonds. The van der Waals surface area contributed by atoms with Crippen LogP contribution in [0.1, 0.15) is 35.7 Å². The summed E-state index contributed by atoms with van der Waals surface area (Å²) < 4.78 is 2.53. The summed E-state index contributed by atoms with van der Waals surface area (Å²) in [5.74, 6) is 0. The Balaban J connectivity index is 0.00000144. The SMILES string of the molecule is Cc1cnc(-c2ccccc2)c2c1c(C)c(C)n2C1CC1.Cl. The molecule has 114 valence electrons. The third-order valence-corrected chi connectivity index (χ3v) is 4.72. The van der Waals surface area contributed by atoms with Gasteiger partial charge in [-0.25, -0.2) is 0 Å². The number of hydrogen-bond acceptors (Lipinski definition) is 1. The topological polar surface area (TPSA) is 17.8 Å². The number of fused-ring (bicyclic) bond motifs is 1. The van der Waals surface area contributed by atoms with Crippen molar-refractivity contribution in [3.05, 3.63) is 53.3 Å². The lowest BCUT2D eigenvalue weighted by Crippen LogP contribution is -1.99. The van der Waals surface area contributed by atoms with Crippen LogP contribution in [-0.2, 0) is 0 Å². The summed E-state index contributed by atoms with van der Waals surface area (Å²) in [5, 5.41) is 1.40. The number of pyridine rings is 1. The number of aromatic nitrogens is 2. The summed E-state index contributed by atoms with van der Waals surface area (Å²) in [4.78, 5) is 4.78. The maximum Gasteiger partial charge on any atom is 0.0945 e. The van der Waals surface area contributed by atoms with E-state index in [1.165, 1.54) is 46.1 Å². The normalized spacial score (nSPS) is 14.1. The number of benzene rings is 1. The van der Waals surface area contributed by atoms with Crippen molar-refractivity contribution in [2.75, 3.05) is 0 Å². The van der Waals surface area contributed by atoms with Crippen LogP contribution in [0.15, 0.2) is 36.5 Å². The van der Waals surface area contributed by atoms with Crippen LogP contribution in [0.5, 0.6) is 0 Å². The minimum Gasteiger partial charge on any atom is -0.340 e. The molecular formula is C19H21ClN2. The lowest BCUT2D eigenvalue weighted by molar-refractivity contribution is 0.745. The second-order valence-electron chi connectivity index (χ2n) is 6.19. The molecule has 2 aromatic heterocycles. The molecule has 1 fully saturated rings. The molecule has 0 atom stereocenters. The van der Waals surface area contributed by atoms with E-state index in [2.05, 4.69) is 55.7 Å². The van der Waals surface area contributed by atoms with Crippen molar-refractivity contribution in [1.29, 1.82) is 0 Å². The Bertz CT molecular complexity index is 830. The van der Waals surface area contributed by atoms with Crippen LogP contribution in [0.4, 0.5) is 0 Å². The first kappa shape index (κ1) is 15.1. The van der Waals surface area contributed by atoms with Crippen molar-refractivity contribution in [3.8, 4) is 11.3 Å². The minimum atomic E-state index is 0. The number of nitrogens with zero attached hydrogens (tertiary/aromatic N) is 2. The van der Waals surface area contributed by atoms with Crippen molar-refractivity contribution in [1.82, 2.24) is 9.55 Å². The van der Waals surface area contributed by atoms with Crippen molar-refractivity contribution >= 4 is 23.3 Å². The van der Waals surface area contributed by atoms with Gasteiger partial charge in [-0.2, -0.15) is 0 Å². The molecule has 0 unspecified atom stereocenters. The first-order valence-corrected chi connectivity index (χ1v) is 7.70. The Labute approximate surface area is 137 Å².